The summed E-state index contributed by atoms with van der Waals surface area (Å²) in [5, 5.41) is -0.587. The van der Waals surface area contributed by atoms with Gasteiger partial charge in [0.1, 0.15) is 0 Å². The lowest BCUT2D eigenvalue weighted by atomic mass is 10.2. The van der Waals surface area contributed by atoms with E-state index in [9.17, 15) is 22.0 Å². The number of aromatic amines is 1. The Kier molecular flexibility index (Phi) is 3.15. The molecule has 4 nitrogen and oxygen atoms in total. The van der Waals surface area contributed by atoms with Gasteiger partial charge in [0.05, 0.1) is 5.56 Å². The predicted molar refractivity (Wildman–Crippen MR) is 49.8 cm³/mol. The molecule has 0 radical (unpaired) electrons. The third-order valence-electron chi connectivity index (χ3n) is 1.73. The van der Waals surface area contributed by atoms with Crippen LogP contribution in [-0.2, 0) is 9.05 Å². The minimum Gasteiger partial charge on any atom is -0.312 e. The van der Waals surface area contributed by atoms with Gasteiger partial charge in [0, 0.05) is 10.7 Å². The Hall–Kier alpha value is -0.950. The molecule has 0 bridgehead atoms. The fraction of sp³-hybridized carbons (Fsp3) is 0.286. The van der Waals surface area contributed by atoms with Gasteiger partial charge < -0.3 is 4.98 Å². The number of rotatable bonds is 2. The van der Waals surface area contributed by atoms with Crippen LogP contribution in [0.25, 0.3) is 0 Å². The van der Waals surface area contributed by atoms with Crippen LogP contribution >= 0.6 is 10.7 Å². The second-order valence-electron chi connectivity index (χ2n) is 2.80. The zero-order valence-electron chi connectivity index (χ0n) is 7.42. The van der Waals surface area contributed by atoms with Crippen LogP contribution in [0.3, 0.4) is 0 Å². The van der Waals surface area contributed by atoms with Gasteiger partial charge in [-0.15, -0.1) is 0 Å². The molecule has 0 aliphatic heterocycles. The van der Waals surface area contributed by atoms with Crippen molar-refractivity contribution in [3.8, 4) is 0 Å². The first-order valence-corrected chi connectivity index (χ1v) is 6.01. The highest BCUT2D eigenvalue weighted by atomic mass is 35.7. The van der Waals surface area contributed by atoms with E-state index in [1.807, 2.05) is 0 Å². The highest BCUT2D eigenvalue weighted by Crippen LogP contribution is 2.20. The van der Waals surface area contributed by atoms with Crippen molar-refractivity contribution >= 4 is 19.7 Å². The van der Waals surface area contributed by atoms with Gasteiger partial charge in [-0.05, 0) is 18.6 Å². The van der Waals surface area contributed by atoms with Crippen LogP contribution < -0.4 is 5.56 Å². The highest BCUT2D eigenvalue weighted by molar-refractivity contribution is 8.13. The number of H-pyrrole nitrogens is 1. The lowest BCUT2D eigenvalue weighted by molar-refractivity contribution is 0.148. The predicted octanol–water partition coefficient (Wildman–Crippen LogP) is 1.55. The van der Waals surface area contributed by atoms with Crippen molar-refractivity contribution in [2.45, 2.75) is 18.4 Å². The van der Waals surface area contributed by atoms with Crippen molar-refractivity contribution in [1.29, 1.82) is 0 Å². The Bertz CT molecular complexity index is 538. The molecule has 0 fully saturated rings. The number of aromatic nitrogens is 1. The molecule has 84 valence electrons. The first kappa shape index (κ1) is 12.1. The molecule has 0 atom stereocenters. The smallest absolute Gasteiger partial charge is 0.276 e. The van der Waals surface area contributed by atoms with E-state index in [0.717, 1.165) is 6.07 Å². The maximum absolute atomic E-state index is 12.3. The average molecular weight is 258 g/mol. The average Bonchev–Trinajstić information content (AvgIpc) is 1.99. The Balaban J connectivity index is 3.53. The van der Waals surface area contributed by atoms with Gasteiger partial charge >= 0.3 is 0 Å². The van der Waals surface area contributed by atoms with Crippen LogP contribution in [0.1, 0.15) is 17.6 Å². The van der Waals surface area contributed by atoms with Crippen molar-refractivity contribution < 1.29 is 17.2 Å². The van der Waals surface area contributed by atoms with Gasteiger partial charge in [-0.1, -0.05) is 0 Å². The fourth-order valence-electron chi connectivity index (χ4n) is 1.07. The Morgan fingerprint density at radius 2 is 2.00 bits per heavy atom. The van der Waals surface area contributed by atoms with E-state index in [0.29, 0.717) is 0 Å². The van der Waals surface area contributed by atoms with Crippen molar-refractivity contribution in [2.24, 2.45) is 0 Å². The molecule has 0 aliphatic carbocycles. The van der Waals surface area contributed by atoms with Crippen LogP contribution in [-0.4, -0.2) is 13.4 Å². The van der Waals surface area contributed by atoms with E-state index in [-0.39, 0.29) is 5.56 Å². The van der Waals surface area contributed by atoms with Crippen molar-refractivity contribution in [3.05, 3.63) is 27.5 Å². The number of hydrogen-bond acceptors (Lipinski definition) is 3. The monoisotopic (exact) mass is 257 g/mol. The van der Waals surface area contributed by atoms with Crippen LogP contribution in [0.5, 0.6) is 0 Å². The summed E-state index contributed by atoms with van der Waals surface area (Å²) in [6.45, 7) is 1.21. The number of pyridine rings is 1. The molecule has 0 aromatic carbocycles. The molecule has 0 unspecified atom stereocenters. The second-order valence-corrected chi connectivity index (χ2v) is 5.33. The summed E-state index contributed by atoms with van der Waals surface area (Å²) in [7, 11) is 0.830. The molecule has 8 heteroatoms. The van der Waals surface area contributed by atoms with Gasteiger partial charge in [0.2, 0.25) is 0 Å². The van der Waals surface area contributed by atoms with Gasteiger partial charge in [0.25, 0.3) is 21.0 Å². The summed E-state index contributed by atoms with van der Waals surface area (Å²) in [6.07, 6.45) is -2.96. The lowest BCUT2D eigenvalue weighted by Crippen LogP contribution is -2.17. The summed E-state index contributed by atoms with van der Waals surface area (Å²) in [4.78, 5) is 12.9. The zero-order chi connectivity index (χ0) is 11.8. The molecule has 0 spiro atoms. The Labute approximate surface area is 88.3 Å². The molecule has 1 aromatic heterocycles. The number of aryl methyl sites for hydroxylation is 1. The third kappa shape index (κ3) is 2.54. The summed E-state index contributed by atoms with van der Waals surface area (Å²) in [5.41, 5.74) is -2.02. The quantitative estimate of drug-likeness (QED) is 0.818. The minimum atomic E-state index is -4.12. The first-order valence-electron chi connectivity index (χ1n) is 3.70. The molecular formula is C7H6ClF2NO3S. The zero-order valence-corrected chi connectivity index (χ0v) is 8.99. The lowest BCUT2D eigenvalue weighted by Gasteiger charge is -2.04. The Morgan fingerprint density at radius 3 is 2.33 bits per heavy atom. The topological polar surface area (TPSA) is 67.0 Å². The highest BCUT2D eigenvalue weighted by Gasteiger charge is 2.19. The van der Waals surface area contributed by atoms with Crippen molar-refractivity contribution in [2.75, 3.05) is 0 Å². The number of hydrogen-bond donors (Lipinski definition) is 1. The summed E-state index contributed by atoms with van der Waals surface area (Å²) in [5.74, 6) is 0. The third-order valence-corrected chi connectivity index (χ3v) is 2.98. The van der Waals surface area contributed by atoms with E-state index >= 15 is 0 Å². The second kappa shape index (κ2) is 3.90. The largest absolute Gasteiger partial charge is 0.312 e. The SMILES string of the molecule is Cc1cc(S(=O)(=O)Cl)[nH]c(=O)c1C(F)F. The molecule has 0 amide bonds. The van der Waals surface area contributed by atoms with E-state index in [1.165, 1.54) is 6.92 Å². The van der Waals surface area contributed by atoms with Crippen molar-refractivity contribution in [3.63, 3.8) is 0 Å². The molecule has 0 saturated carbocycles. The van der Waals surface area contributed by atoms with Gasteiger partial charge in [-0.3, -0.25) is 4.79 Å². The van der Waals surface area contributed by atoms with Crippen LogP contribution in [0, 0.1) is 6.92 Å². The van der Waals surface area contributed by atoms with E-state index in [2.05, 4.69) is 0 Å². The maximum atomic E-state index is 12.3. The van der Waals surface area contributed by atoms with Gasteiger partial charge in [-0.2, -0.15) is 0 Å². The van der Waals surface area contributed by atoms with E-state index in [4.69, 9.17) is 10.7 Å². The van der Waals surface area contributed by atoms with E-state index < -0.39 is 31.6 Å². The molecule has 1 aromatic rings. The Morgan fingerprint density at radius 1 is 1.47 bits per heavy atom. The van der Waals surface area contributed by atoms with Gasteiger partial charge in [0.15, 0.2) is 5.03 Å². The molecule has 0 aliphatic rings. The van der Waals surface area contributed by atoms with E-state index in [1.54, 1.807) is 4.98 Å². The number of nitrogens with one attached hydrogen (secondary N) is 1. The first-order chi connectivity index (χ1) is 6.73. The summed E-state index contributed by atoms with van der Waals surface area (Å²) >= 11 is 0. The maximum Gasteiger partial charge on any atom is 0.276 e. The van der Waals surface area contributed by atoms with Crippen LogP contribution in [0.2, 0.25) is 0 Å². The van der Waals surface area contributed by atoms with Gasteiger partial charge in [-0.25, -0.2) is 17.2 Å². The molecule has 1 heterocycles. The van der Waals surface area contributed by atoms with Crippen LogP contribution in [0.15, 0.2) is 15.9 Å². The number of halogens is 3. The molecule has 1 N–H and O–H groups in total. The van der Waals surface area contributed by atoms with Crippen molar-refractivity contribution in [1.82, 2.24) is 4.98 Å². The summed E-state index contributed by atoms with van der Waals surface area (Å²) in [6, 6.07) is 0.894. The fourth-order valence-corrected chi connectivity index (χ4v) is 1.85. The minimum absolute atomic E-state index is 0.118. The normalized spacial score (nSPS) is 12.1. The molecule has 15 heavy (non-hydrogen) atoms. The molecule has 0 saturated heterocycles. The standard InChI is InChI=1S/C7H6ClF2NO3S/c1-3-2-4(15(8,13)14)11-7(12)5(3)6(9)10/h2,6H,1H3,(H,11,12). The number of alkyl halides is 2. The molecular weight excluding hydrogens is 252 g/mol. The molecule has 1 rings (SSSR count). The van der Waals surface area contributed by atoms with Crippen LogP contribution in [0.4, 0.5) is 8.78 Å². The summed E-state index contributed by atoms with van der Waals surface area (Å²) < 4.78 is 46.3.